The molecule has 0 bridgehead atoms. The van der Waals surface area contributed by atoms with Crippen LogP contribution in [0.4, 0.5) is 4.39 Å². The van der Waals surface area contributed by atoms with Crippen molar-refractivity contribution in [2.24, 2.45) is 4.99 Å². The van der Waals surface area contributed by atoms with Crippen LogP contribution < -0.4 is 0 Å². The van der Waals surface area contributed by atoms with Crippen LogP contribution >= 0.6 is 0 Å². The summed E-state index contributed by atoms with van der Waals surface area (Å²) in [7, 11) is 0. The number of hydrogen-bond acceptors (Lipinski definition) is 2. The Kier molecular flexibility index (Phi) is 1.63. The van der Waals surface area contributed by atoms with E-state index in [2.05, 4.69) is 4.99 Å². The number of carbonyl (C=O) groups excluding carboxylic acids is 1. The molecule has 0 aliphatic heterocycles. The molecular weight excluding hydrogens is 121 g/mol. The standard InChI is InChI=1S/C6H8FNO/c7-4-3-6(1-2-6)8-5-9/h1-4H2. The van der Waals surface area contributed by atoms with Gasteiger partial charge < -0.3 is 0 Å². The van der Waals surface area contributed by atoms with Crippen molar-refractivity contribution in [3.63, 3.8) is 0 Å². The first-order valence-corrected chi connectivity index (χ1v) is 2.98. The van der Waals surface area contributed by atoms with Crippen LogP contribution in [0.3, 0.4) is 0 Å². The highest BCUT2D eigenvalue weighted by molar-refractivity contribution is 5.36. The molecule has 0 saturated heterocycles. The van der Waals surface area contributed by atoms with Crippen LogP contribution in [0.5, 0.6) is 0 Å². The first-order valence-electron chi connectivity index (χ1n) is 2.98. The van der Waals surface area contributed by atoms with E-state index in [0.717, 1.165) is 12.8 Å². The third-order valence-electron chi connectivity index (χ3n) is 1.67. The van der Waals surface area contributed by atoms with Crippen molar-refractivity contribution in [2.75, 3.05) is 6.67 Å². The fraction of sp³-hybridized carbons (Fsp3) is 0.833. The van der Waals surface area contributed by atoms with E-state index in [0.29, 0.717) is 6.42 Å². The molecule has 0 aromatic rings. The molecule has 0 radical (unpaired) electrons. The number of aliphatic imine (C=N–C) groups is 1. The van der Waals surface area contributed by atoms with E-state index in [1.54, 1.807) is 0 Å². The number of hydrogen-bond donors (Lipinski definition) is 0. The first kappa shape index (κ1) is 6.43. The van der Waals surface area contributed by atoms with Gasteiger partial charge in [0.25, 0.3) is 0 Å². The van der Waals surface area contributed by atoms with Gasteiger partial charge >= 0.3 is 0 Å². The van der Waals surface area contributed by atoms with E-state index in [1.807, 2.05) is 0 Å². The third-order valence-corrected chi connectivity index (χ3v) is 1.67. The van der Waals surface area contributed by atoms with E-state index in [9.17, 15) is 9.18 Å². The minimum absolute atomic E-state index is 0.323. The van der Waals surface area contributed by atoms with Gasteiger partial charge in [0, 0.05) is 6.42 Å². The molecule has 1 aliphatic carbocycles. The minimum Gasteiger partial charge on any atom is -0.251 e. The van der Waals surface area contributed by atoms with Crippen molar-refractivity contribution in [2.45, 2.75) is 24.8 Å². The molecule has 0 heterocycles. The molecule has 0 atom stereocenters. The van der Waals surface area contributed by atoms with E-state index in [1.165, 1.54) is 6.08 Å². The van der Waals surface area contributed by atoms with E-state index < -0.39 is 0 Å². The van der Waals surface area contributed by atoms with Crippen molar-refractivity contribution in [1.29, 1.82) is 0 Å². The van der Waals surface area contributed by atoms with Gasteiger partial charge in [0.05, 0.1) is 12.2 Å². The second-order valence-electron chi connectivity index (χ2n) is 2.37. The molecule has 9 heavy (non-hydrogen) atoms. The Morgan fingerprint density at radius 1 is 1.67 bits per heavy atom. The first-order chi connectivity index (χ1) is 4.33. The van der Waals surface area contributed by atoms with Crippen molar-refractivity contribution >= 4 is 6.08 Å². The average Bonchev–Trinajstić information content (AvgIpc) is 2.51. The third kappa shape index (κ3) is 1.36. The van der Waals surface area contributed by atoms with Crippen LogP contribution in [0.1, 0.15) is 19.3 Å². The Morgan fingerprint density at radius 2 is 2.33 bits per heavy atom. The van der Waals surface area contributed by atoms with Crippen LogP contribution in [0.15, 0.2) is 4.99 Å². The molecule has 50 valence electrons. The summed E-state index contributed by atoms with van der Waals surface area (Å²) in [6.07, 6.45) is 3.56. The molecule has 1 fully saturated rings. The van der Waals surface area contributed by atoms with Gasteiger partial charge in [-0.3, -0.25) is 4.39 Å². The predicted molar refractivity (Wildman–Crippen MR) is 30.7 cm³/mol. The van der Waals surface area contributed by atoms with Crippen LogP contribution in [0.25, 0.3) is 0 Å². The summed E-state index contributed by atoms with van der Waals surface area (Å²) in [6, 6.07) is 0. The minimum atomic E-state index is -0.384. The molecule has 2 nitrogen and oxygen atoms in total. The van der Waals surface area contributed by atoms with Gasteiger partial charge in [-0.15, -0.1) is 0 Å². The Balaban J connectivity index is 2.42. The number of rotatable bonds is 3. The Hall–Kier alpha value is -0.690. The summed E-state index contributed by atoms with van der Waals surface area (Å²) < 4.78 is 11.7. The Bertz CT molecular complexity index is 147. The largest absolute Gasteiger partial charge is 0.251 e. The van der Waals surface area contributed by atoms with Crippen molar-refractivity contribution in [3.8, 4) is 0 Å². The Labute approximate surface area is 52.8 Å². The maximum absolute atomic E-state index is 11.7. The maximum Gasteiger partial charge on any atom is 0.235 e. The molecule has 1 rings (SSSR count). The van der Waals surface area contributed by atoms with E-state index in [4.69, 9.17) is 0 Å². The lowest BCUT2D eigenvalue weighted by atomic mass is 10.2. The maximum atomic E-state index is 11.7. The fourth-order valence-electron chi connectivity index (χ4n) is 0.835. The molecular formula is C6H8FNO. The van der Waals surface area contributed by atoms with Crippen LogP contribution in [-0.4, -0.2) is 18.3 Å². The molecule has 1 saturated carbocycles. The Morgan fingerprint density at radius 3 is 2.67 bits per heavy atom. The molecule has 0 amide bonds. The summed E-state index contributed by atoms with van der Waals surface area (Å²) in [5, 5.41) is 0. The average molecular weight is 129 g/mol. The quantitative estimate of drug-likeness (QED) is 0.416. The lowest BCUT2D eigenvalue weighted by Crippen LogP contribution is -2.04. The topological polar surface area (TPSA) is 29.4 Å². The number of alkyl halides is 1. The summed E-state index contributed by atoms with van der Waals surface area (Å²) in [4.78, 5) is 13.2. The fourth-order valence-corrected chi connectivity index (χ4v) is 0.835. The van der Waals surface area contributed by atoms with Gasteiger partial charge in [-0.1, -0.05) is 0 Å². The number of halogens is 1. The highest BCUT2D eigenvalue weighted by Crippen LogP contribution is 2.42. The highest BCUT2D eigenvalue weighted by atomic mass is 19.1. The van der Waals surface area contributed by atoms with Gasteiger partial charge in [-0.05, 0) is 12.8 Å². The second kappa shape index (κ2) is 2.28. The van der Waals surface area contributed by atoms with Gasteiger partial charge in [-0.2, -0.15) is 4.99 Å². The second-order valence-corrected chi connectivity index (χ2v) is 2.37. The van der Waals surface area contributed by atoms with Crippen molar-refractivity contribution in [1.82, 2.24) is 0 Å². The molecule has 0 aromatic heterocycles. The number of nitrogens with zero attached hydrogens (tertiary/aromatic N) is 1. The van der Waals surface area contributed by atoms with Gasteiger partial charge in [0.1, 0.15) is 0 Å². The summed E-state index contributed by atoms with van der Waals surface area (Å²) >= 11 is 0. The molecule has 0 aromatic carbocycles. The van der Waals surface area contributed by atoms with Crippen molar-refractivity contribution in [3.05, 3.63) is 0 Å². The molecule has 0 N–H and O–H groups in total. The lowest BCUT2D eigenvalue weighted by Gasteiger charge is -1.99. The lowest BCUT2D eigenvalue weighted by molar-refractivity contribution is 0.428. The van der Waals surface area contributed by atoms with Crippen molar-refractivity contribution < 1.29 is 9.18 Å². The predicted octanol–water partition coefficient (Wildman–Crippen LogP) is 1.21. The smallest absolute Gasteiger partial charge is 0.235 e. The zero-order valence-electron chi connectivity index (χ0n) is 5.06. The van der Waals surface area contributed by atoms with E-state index >= 15 is 0 Å². The van der Waals surface area contributed by atoms with Gasteiger partial charge in [0.15, 0.2) is 0 Å². The van der Waals surface area contributed by atoms with E-state index in [-0.39, 0.29) is 12.2 Å². The molecule has 0 unspecified atom stereocenters. The molecule has 3 heteroatoms. The zero-order chi connectivity index (χ0) is 6.74. The zero-order valence-corrected chi connectivity index (χ0v) is 5.06. The van der Waals surface area contributed by atoms with Crippen LogP contribution in [0, 0.1) is 0 Å². The van der Waals surface area contributed by atoms with Gasteiger partial charge in [0.2, 0.25) is 6.08 Å². The monoisotopic (exact) mass is 129 g/mol. The SMILES string of the molecule is O=C=NC1(CCF)CC1. The summed E-state index contributed by atoms with van der Waals surface area (Å²) in [6.45, 7) is -0.384. The van der Waals surface area contributed by atoms with Crippen LogP contribution in [0.2, 0.25) is 0 Å². The van der Waals surface area contributed by atoms with Gasteiger partial charge in [-0.25, -0.2) is 4.79 Å². The normalized spacial score (nSPS) is 20.6. The summed E-state index contributed by atoms with van der Waals surface area (Å²) in [5.74, 6) is 0. The summed E-state index contributed by atoms with van der Waals surface area (Å²) in [5.41, 5.74) is -0.323. The molecule has 0 spiro atoms. The highest BCUT2D eigenvalue weighted by Gasteiger charge is 2.42. The van der Waals surface area contributed by atoms with Crippen LogP contribution in [-0.2, 0) is 4.79 Å². The number of isocyanates is 1. The molecule has 1 aliphatic rings.